The molecule has 0 saturated carbocycles. The fraction of sp³-hybridized carbons (Fsp3) is 0.357. The van der Waals surface area contributed by atoms with E-state index in [1.165, 1.54) is 11.3 Å². The van der Waals surface area contributed by atoms with Crippen LogP contribution in [0.15, 0.2) is 36.7 Å². The summed E-state index contributed by atoms with van der Waals surface area (Å²) < 4.78 is 2.12. The van der Waals surface area contributed by atoms with Crippen LogP contribution in [0.4, 0.5) is 5.95 Å². The van der Waals surface area contributed by atoms with Gasteiger partial charge < -0.3 is 5.32 Å². The van der Waals surface area contributed by atoms with Crippen LogP contribution in [0.5, 0.6) is 0 Å². The Morgan fingerprint density at radius 2 is 2.06 bits per heavy atom. The highest BCUT2D eigenvalue weighted by Gasteiger charge is 2.07. The highest BCUT2D eigenvalue weighted by Crippen LogP contribution is 2.19. The van der Waals surface area contributed by atoms with E-state index >= 15 is 0 Å². The molecule has 0 saturated heterocycles. The Hall–Kier alpha value is -1.77. The molecule has 0 aliphatic carbocycles. The van der Waals surface area contributed by atoms with Crippen LogP contribution in [0.25, 0.3) is 5.69 Å². The molecule has 0 radical (unpaired) electrons. The molecule has 0 fully saturated rings. The van der Waals surface area contributed by atoms with Crippen LogP contribution in [0, 0.1) is 0 Å². The summed E-state index contributed by atoms with van der Waals surface area (Å²) >= 11 is 0. The van der Waals surface area contributed by atoms with Gasteiger partial charge in [-0.25, -0.2) is 4.98 Å². The van der Waals surface area contributed by atoms with Crippen LogP contribution in [0.3, 0.4) is 0 Å². The maximum atomic E-state index is 4.34. The number of para-hydroxylation sites is 1. The zero-order chi connectivity index (χ0) is 12.1. The first-order valence-corrected chi connectivity index (χ1v) is 6.22. The van der Waals surface area contributed by atoms with Crippen molar-refractivity contribution in [3.63, 3.8) is 0 Å². The number of hydrogen-bond acceptors (Lipinski definition) is 2. The molecule has 2 aromatic rings. The van der Waals surface area contributed by atoms with Crippen LogP contribution in [-0.4, -0.2) is 16.1 Å². The number of benzene rings is 1. The molecule has 17 heavy (non-hydrogen) atoms. The Morgan fingerprint density at radius 1 is 1.24 bits per heavy atom. The molecule has 0 spiro atoms. The minimum absolute atomic E-state index is 0.882. The molecule has 2 rings (SSSR count). The average molecular weight is 229 g/mol. The fourth-order valence-electron chi connectivity index (χ4n) is 2.01. The number of hydrogen-bond donors (Lipinski definition) is 1. The third-order valence-corrected chi connectivity index (χ3v) is 2.75. The smallest absolute Gasteiger partial charge is 0.207 e. The van der Waals surface area contributed by atoms with Crippen LogP contribution in [0.1, 0.15) is 25.8 Å². The minimum atomic E-state index is 0.882. The van der Waals surface area contributed by atoms with E-state index in [0.29, 0.717) is 0 Å². The largest absolute Gasteiger partial charge is 0.356 e. The molecule has 0 unspecified atom stereocenters. The molecule has 0 atom stereocenters. The lowest BCUT2D eigenvalue weighted by Crippen LogP contribution is -2.06. The summed E-state index contributed by atoms with van der Waals surface area (Å²) in [5.41, 5.74) is 2.59. The van der Waals surface area contributed by atoms with Crippen LogP contribution >= 0.6 is 0 Å². The molecule has 1 aromatic heterocycles. The lowest BCUT2D eigenvalue weighted by Gasteiger charge is -2.12. The van der Waals surface area contributed by atoms with Gasteiger partial charge in [0.25, 0.3) is 0 Å². The van der Waals surface area contributed by atoms with E-state index in [-0.39, 0.29) is 0 Å². The van der Waals surface area contributed by atoms with Gasteiger partial charge in [-0.2, -0.15) is 0 Å². The second-order valence-electron chi connectivity index (χ2n) is 4.03. The standard InChI is InChI=1S/C14H19N3/c1-3-7-12-8-5-6-9-13(12)17-11-10-16-14(17)15-4-2/h5-6,8-11H,3-4,7H2,1-2H3,(H,15,16). The molecule has 0 aliphatic rings. The lowest BCUT2D eigenvalue weighted by molar-refractivity contribution is 0.897. The Kier molecular flexibility index (Phi) is 3.81. The highest BCUT2D eigenvalue weighted by atomic mass is 15.2. The van der Waals surface area contributed by atoms with Crippen molar-refractivity contribution in [2.24, 2.45) is 0 Å². The molecule has 1 heterocycles. The zero-order valence-corrected chi connectivity index (χ0v) is 10.5. The first-order chi connectivity index (χ1) is 8.36. The van der Waals surface area contributed by atoms with Gasteiger partial charge in [-0.15, -0.1) is 0 Å². The van der Waals surface area contributed by atoms with Crippen LogP contribution < -0.4 is 5.32 Å². The summed E-state index contributed by atoms with van der Waals surface area (Å²) in [5.74, 6) is 0.913. The van der Waals surface area contributed by atoms with Gasteiger partial charge in [0.15, 0.2) is 0 Å². The predicted octanol–water partition coefficient (Wildman–Crippen LogP) is 3.26. The highest BCUT2D eigenvalue weighted by molar-refractivity contribution is 5.47. The Labute approximate surface area is 103 Å². The number of nitrogens with one attached hydrogen (secondary N) is 1. The number of rotatable bonds is 5. The molecular formula is C14H19N3. The summed E-state index contributed by atoms with van der Waals surface area (Å²) in [5, 5.41) is 3.28. The van der Waals surface area contributed by atoms with Gasteiger partial charge in [-0.1, -0.05) is 31.5 Å². The van der Waals surface area contributed by atoms with Crippen molar-refractivity contribution in [2.75, 3.05) is 11.9 Å². The lowest BCUT2D eigenvalue weighted by atomic mass is 10.1. The molecule has 0 bridgehead atoms. The summed E-state index contributed by atoms with van der Waals surface area (Å²) in [6, 6.07) is 8.50. The summed E-state index contributed by atoms with van der Waals surface area (Å²) in [7, 11) is 0. The Balaban J connectivity index is 2.41. The monoisotopic (exact) mass is 229 g/mol. The van der Waals surface area contributed by atoms with Gasteiger partial charge in [0.05, 0.1) is 5.69 Å². The second-order valence-corrected chi connectivity index (χ2v) is 4.03. The van der Waals surface area contributed by atoms with E-state index in [1.54, 1.807) is 0 Å². The maximum Gasteiger partial charge on any atom is 0.207 e. The molecule has 90 valence electrons. The van der Waals surface area contributed by atoms with Crippen molar-refractivity contribution < 1.29 is 0 Å². The van der Waals surface area contributed by atoms with Gasteiger partial charge in [-0.3, -0.25) is 4.57 Å². The third-order valence-electron chi connectivity index (χ3n) is 2.75. The molecule has 3 heteroatoms. The third kappa shape index (κ3) is 2.49. The predicted molar refractivity (Wildman–Crippen MR) is 71.7 cm³/mol. The average Bonchev–Trinajstić information content (AvgIpc) is 2.79. The minimum Gasteiger partial charge on any atom is -0.356 e. The molecular weight excluding hydrogens is 210 g/mol. The Morgan fingerprint density at radius 3 is 2.82 bits per heavy atom. The van der Waals surface area contributed by atoms with Crippen LogP contribution in [0.2, 0.25) is 0 Å². The maximum absolute atomic E-state index is 4.34. The van der Waals surface area contributed by atoms with E-state index < -0.39 is 0 Å². The second kappa shape index (κ2) is 5.53. The van der Waals surface area contributed by atoms with Gasteiger partial charge in [-0.05, 0) is 25.0 Å². The number of aromatic nitrogens is 2. The fourth-order valence-corrected chi connectivity index (χ4v) is 2.01. The molecule has 1 N–H and O–H groups in total. The van der Waals surface area contributed by atoms with Crippen molar-refractivity contribution in [3.05, 3.63) is 42.2 Å². The topological polar surface area (TPSA) is 29.9 Å². The molecule has 3 nitrogen and oxygen atoms in total. The summed E-state index contributed by atoms with van der Waals surface area (Å²) in [6.45, 7) is 5.17. The van der Waals surface area contributed by atoms with Crippen molar-refractivity contribution in [3.8, 4) is 5.69 Å². The van der Waals surface area contributed by atoms with E-state index in [9.17, 15) is 0 Å². The first-order valence-electron chi connectivity index (χ1n) is 6.22. The van der Waals surface area contributed by atoms with Crippen molar-refractivity contribution in [1.29, 1.82) is 0 Å². The summed E-state index contributed by atoms with van der Waals surface area (Å²) in [6.07, 6.45) is 6.09. The van der Waals surface area contributed by atoms with Gasteiger partial charge in [0.1, 0.15) is 0 Å². The van der Waals surface area contributed by atoms with E-state index in [1.807, 2.05) is 12.4 Å². The van der Waals surface area contributed by atoms with Gasteiger partial charge >= 0.3 is 0 Å². The normalized spacial score (nSPS) is 10.5. The molecule has 1 aromatic carbocycles. The number of imidazole rings is 1. The zero-order valence-electron chi connectivity index (χ0n) is 10.5. The Bertz CT molecular complexity index is 474. The number of nitrogens with zero attached hydrogens (tertiary/aromatic N) is 2. The SMILES string of the molecule is CCCc1ccccc1-n1ccnc1NCC. The van der Waals surface area contributed by atoms with Crippen LogP contribution in [-0.2, 0) is 6.42 Å². The first kappa shape index (κ1) is 11.7. The van der Waals surface area contributed by atoms with Gasteiger partial charge in [0.2, 0.25) is 5.95 Å². The van der Waals surface area contributed by atoms with E-state index in [0.717, 1.165) is 25.3 Å². The van der Waals surface area contributed by atoms with E-state index in [4.69, 9.17) is 0 Å². The van der Waals surface area contributed by atoms with Crippen molar-refractivity contribution in [1.82, 2.24) is 9.55 Å². The van der Waals surface area contributed by atoms with Crippen molar-refractivity contribution >= 4 is 5.95 Å². The molecule has 0 aliphatic heterocycles. The quantitative estimate of drug-likeness (QED) is 0.853. The number of aryl methyl sites for hydroxylation is 1. The molecule has 0 amide bonds. The number of anilines is 1. The van der Waals surface area contributed by atoms with Gasteiger partial charge in [0, 0.05) is 18.9 Å². The summed E-state index contributed by atoms with van der Waals surface area (Å²) in [4.78, 5) is 4.34. The van der Waals surface area contributed by atoms with Crippen molar-refractivity contribution in [2.45, 2.75) is 26.7 Å². The van der Waals surface area contributed by atoms with E-state index in [2.05, 4.69) is 53.0 Å².